The molecule has 7 nitrogen and oxygen atoms in total. The fourth-order valence-electron chi connectivity index (χ4n) is 3.29. The molecule has 2 aliphatic rings. The molecule has 1 aliphatic heterocycles. The first-order valence-corrected chi connectivity index (χ1v) is 7.59. The standard InChI is InChI=1S/C14H23N3O4/c1-2-11-12(18)15-6-7-17(11)14(21)16-8-9-4-3-5-10(9)13(19)20/h9-11H,2-8H2,1H3,(H,15,18)(H,16,21)(H,19,20). The van der Waals surface area contributed by atoms with Crippen LogP contribution in [0.3, 0.4) is 0 Å². The molecule has 3 N–H and O–H groups in total. The van der Waals surface area contributed by atoms with Gasteiger partial charge in [0.1, 0.15) is 6.04 Å². The van der Waals surface area contributed by atoms with Crippen molar-refractivity contribution in [2.24, 2.45) is 11.8 Å². The molecule has 0 aromatic heterocycles. The third-order valence-corrected chi connectivity index (χ3v) is 4.47. The Morgan fingerprint density at radius 1 is 1.43 bits per heavy atom. The number of carboxylic acid groups (broad SMARTS) is 1. The van der Waals surface area contributed by atoms with E-state index in [4.69, 9.17) is 5.11 Å². The smallest absolute Gasteiger partial charge is 0.318 e. The maximum Gasteiger partial charge on any atom is 0.318 e. The van der Waals surface area contributed by atoms with Crippen LogP contribution in [0.4, 0.5) is 4.79 Å². The number of hydrogen-bond donors (Lipinski definition) is 3. The number of rotatable bonds is 4. The second-order valence-electron chi connectivity index (χ2n) is 5.73. The van der Waals surface area contributed by atoms with Crippen LogP contribution in [0.25, 0.3) is 0 Å². The molecule has 0 spiro atoms. The SMILES string of the molecule is CCC1C(=O)NCCN1C(=O)NCC1CCCC1C(=O)O. The minimum absolute atomic E-state index is 0.00913. The molecule has 0 radical (unpaired) electrons. The summed E-state index contributed by atoms with van der Waals surface area (Å²) < 4.78 is 0. The Bertz CT molecular complexity index is 426. The minimum Gasteiger partial charge on any atom is -0.481 e. The van der Waals surface area contributed by atoms with Crippen LogP contribution in [0.1, 0.15) is 32.6 Å². The average molecular weight is 297 g/mol. The van der Waals surface area contributed by atoms with E-state index in [2.05, 4.69) is 10.6 Å². The van der Waals surface area contributed by atoms with Crippen molar-refractivity contribution < 1.29 is 19.5 Å². The van der Waals surface area contributed by atoms with Gasteiger partial charge in [-0.3, -0.25) is 9.59 Å². The zero-order chi connectivity index (χ0) is 15.4. The Hall–Kier alpha value is -1.79. The van der Waals surface area contributed by atoms with E-state index < -0.39 is 12.0 Å². The number of carbonyl (C=O) groups excluding carboxylic acids is 2. The van der Waals surface area contributed by atoms with Crippen molar-refractivity contribution in [2.45, 2.75) is 38.6 Å². The van der Waals surface area contributed by atoms with Crippen molar-refractivity contribution in [1.82, 2.24) is 15.5 Å². The van der Waals surface area contributed by atoms with Gasteiger partial charge in [-0.1, -0.05) is 13.3 Å². The summed E-state index contributed by atoms with van der Waals surface area (Å²) in [5.41, 5.74) is 0. The number of carbonyl (C=O) groups is 3. The van der Waals surface area contributed by atoms with Gasteiger partial charge in [-0.2, -0.15) is 0 Å². The van der Waals surface area contributed by atoms with Crippen molar-refractivity contribution in [3.05, 3.63) is 0 Å². The van der Waals surface area contributed by atoms with Crippen molar-refractivity contribution in [3.63, 3.8) is 0 Å². The summed E-state index contributed by atoms with van der Waals surface area (Å²) in [6, 6.07) is -0.703. The first-order valence-electron chi connectivity index (χ1n) is 7.59. The van der Waals surface area contributed by atoms with E-state index in [0.717, 1.165) is 12.8 Å². The first kappa shape index (κ1) is 15.6. The number of nitrogens with zero attached hydrogens (tertiary/aromatic N) is 1. The maximum absolute atomic E-state index is 12.2. The predicted octanol–water partition coefficient (Wildman–Crippen LogP) is 0.407. The van der Waals surface area contributed by atoms with Crippen molar-refractivity contribution in [2.75, 3.05) is 19.6 Å². The molecule has 118 valence electrons. The van der Waals surface area contributed by atoms with E-state index in [-0.39, 0.29) is 23.8 Å². The third-order valence-electron chi connectivity index (χ3n) is 4.47. The number of piperazine rings is 1. The molecule has 1 saturated heterocycles. The number of hydrogen-bond acceptors (Lipinski definition) is 3. The molecule has 1 heterocycles. The number of carboxylic acids is 1. The van der Waals surface area contributed by atoms with E-state index in [1.165, 1.54) is 0 Å². The molecule has 0 aromatic rings. The lowest BCUT2D eigenvalue weighted by atomic mass is 9.96. The Morgan fingerprint density at radius 2 is 2.19 bits per heavy atom. The fourth-order valence-corrected chi connectivity index (χ4v) is 3.29. The van der Waals surface area contributed by atoms with Gasteiger partial charge in [-0.15, -0.1) is 0 Å². The molecule has 7 heteroatoms. The zero-order valence-corrected chi connectivity index (χ0v) is 12.3. The molecule has 2 fully saturated rings. The summed E-state index contributed by atoms with van der Waals surface area (Å²) in [4.78, 5) is 36.6. The summed E-state index contributed by atoms with van der Waals surface area (Å²) in [6.45, 7) is 3.19. The van der Waals surface area contributed by atoms with Gasteiger partial charge in [0.2, 0.25) is 5.91 Å². The molecule has 1 aliphatic carbocycles. The van der Waals surface area contributed by atoms with E-state index in [9.17, 15) is 14.4 Å². The monoisotopic (exact) mass is 297 g/mol. The first-order chi connectivity index (χ1) is 10.0. The Kier molecular flexibility index (Phi) is 5.03. The lowest BCUT2D eigenvalue weighted by molar-refractivity contribution is -0.142. The van der Waals surface area contributed by atoms with Crippen LogP contribution in [-0.2, 0) is 9.59 Å². The van der Waals surface area contributed by atoms with Crippen LogP contribution in [0.15, 0.2) is 0 Å². The molecular weight excluding hydrogens is 274 g/mol. The van der Waals surface area contributed by atoms with Gasteiger partial charge in [-0.25, -0.2) is 4.79 Å². The van der Waals surface area contributed by atoms with Crippen LogP contribution < -0.4 is 10.6 Å². The van der Waals surface area contributed by atoms with Crippen LogP contribution in [0.2, 0.25) is 0 Å². The van der Waals surface area contributed by atoms with E-state index in [0.29, 0.717) is 32.5 Å². The molecule has 3 unspecified atom stereocenters. The molecule has 0 aromatic carbocycles. The predicted molar refractivity (Wildman–Crippen MR) is 75.7 cm³/mol. The van der Waals surface area contributed by atoms with Crippen molar-refractivity contribution in [3.8, 4) is 0 Å². The normalized spacial score (nSPS) is 29.1. The molecule has 1 saturated carbocycles. The van der Waals surface area contributed by atoms with Crippen LogP contribution in [0, 0.1) is 11.8 Å². The van der Waals surface area contributed by atoms with Crippen LogP contribution >= 0.6 is 0 Å². The highest BCUT2D eigenvalue weighted by molar-refractivity contribution is 5.88. The third kappa shape index (κ3) is 3.46. The molecule has 0 bridgehead atoms. The summed E-state index contributed by atoms with van der Waals surface area (Å²) >= 11 is 0. The Morgan fingerprint density at radius 3 is 2.86 bits per heavy atom. The summed E-state index contributed by atoms with van der Waals surface area (Å²) in [5.74, 6) is -1.28. The van der Waals surface area contributed by atoms with Gasteiger partial charge in [-0.05, 0) is 25.2 Å². The number of urea groups is 1. The second kappa shape index (κ2) is 6.78. The second-order valence-corrected chi connectivity index (χ2v) is 5.73. The van der Waals surface area contributed by atoms with Crippen LogP contribution in [0.5, 0.6) is 0 Å². The highest BCUT2D eigenvalue weighted by Gasteiger charge is 2.35. The van der Waals surface area contributed by atoms with Crippen molar-refractivity contribution >= 4 is 17.9 Å². The quantitative estimate of drug-likeness (QED) is 0.700. The maximum atomic E-state index is 12.2. The van der Waals surface area contributed by atoms with Crippen molar-refractivity contribution in [1.29, 1.82) is 0 Å². The van der Waals surface area contributed by atoms with E-state index in [1.54, 1.807) is 4.90 Å². The molecule has 21 heavy (non-hydrogen) atoms. The van der Waals surface area contributed by atoms with Gasteiger partial charge in [0.25, 0.3) is 0 Å². The number of aliphatic carboxylic acids is 1. The lowest BCUT2D eigenvalue weighted by Gasteiger charge is -2.34. The minimum atomic E-state index is -0.782. The van der Waals surface area contributed by atoms with Gasteiger partial charge >= 0.3 is 12.0 Å². The fraction of sp³-hybridized carbons (Fsp3) is 0.786. The van der Waals surface area contributed by atoms with E-state index in [1.807, 2.05) is 6.92 Å². The van der Waals surface area contributed by atoms with Crippen LogP contribution in [-0.4, -0.2) is 53.6 Å². The lowest BCUT2D eigenvalue weighted by Crippen LogP contribution is -2.59. The molecule has 3 amide bonds. The highest BCUT2D eigenvalue weighted by Crippen LogP contribution is 2.31. The van der Waals surface area contributed by atoms with E-state index >= 15 is 0 Å². The number of amides is 3. The van der Waals surface area contributed by atoms with Gasteiger partial charge in [0.05, 0.1) is 5.92 Å². The molecule has 3 atom stereocenters. The van der Waals surface area contributed by atoms with Gasteiger partial charge < -0.3 is 20.6 Å². The number of nitrogens with one attached hydrogen (secondary N) is 2. The van der Waals surface area contributed by atoms with Gasteiger partial charge in [0.15, 0.2) is 0 Å². The van der Waals surface area contributed by atoms with Gasteiger partial charge in [0, 0.05) is 19.6 Å². The summed E-state index contributed by atoms with van der Waals surface area (Å²) in [7, 11) is 0. The summed E-state index contributed by atoms with van der Waals surface area (Å²) in [6.07, 6.45) is 2.97. The topological polar surface area (TPSA) is 98.7 Å². The molecular formula is C14H23N3O4. The highest BCUT2D eigenvalue weighted by atomic mass is 16.4. The summed E-state index contributed by atoms with van der Waals surface area (Å²) in [5, 5.41) is 14.7. The Balaban J connectivity index is 1.89. The largest absolute Gasteiger partial charge is 0.481 e. The average Bonchev–Trinajstić information content (AvgIpc) is 2.93. The zero-order valence-electron chi connectivity index (χ0n) is 12.3. The molecule has 2 rings (SSSR count). The Labute approximate surface area is 124 Å².